The lowest BCUT2D eigenvalue weighted by Crippen LogP contribution is -2.45. The van der Waals surface area contributed by atoms with Crippen LogP contribution in [-0.4, -0.2) is 5.16 Å². The molecule has 4 bridgehead atoms. The molecule has 3 heteroatoms. The normalized spacial score (nSPS) is 39.9. The molecule has 0 aliphatic heterocycles. The molecular weight excluding hydrogens is 236 g/mol. The van der Waals surface area contributed by atoms with Gasteiger partial charge in [0.1, 0.15) is 0 Å². The lowest BCUT2D eigenvalue weighted by molar-refractivity contribution is -0.0580. The minimum atomic E-state index is 0.449. The standard InChI is InChI=1S/C16H24N2O/c17-15-7-14(18-19-15)2-1-3-16-8-11-4-12(9-16)6-13(5-11)10-16/h7,11-13H,1-6,8-10,17H2. The molecule has 1 aromatic heterocycles. The Balaban J connectivity index is 1.37. The number of hydrogen-bond donors (Lipinski definition) is 1. The summed E-state index contributed by atoms with van der Waals surface area (Å²) >= 11 is 0. The molecule has 19 heavy (non-hydrogen) atoms. The van der Waals surface area contributed by atoms with Gasteiger partial charge in [-0.2, -0.15) is 0 Å². The van der Waals surface area contributed by atoms with Crippen molar-refractivity contribution in [2.45, 2.75) is 57.8 Å². The van der Waals surface area contributed by atoms with Gasteiger partial charge in [0.15, 0.2) is 0 Å². The van der Waals surface area contributed by atoms with E-state index in [-0.39, 0.29) is 0 Å². The summed E-state index contributed by atoms with van der Waals surface area (Å²) in [6.45, 7) is 0. The van der Waals surface area contributed by atoms with E-state index in [1.54, 1.807) is 0 Å². The zero-order valence-electron chi connectivity index (χ0n) is 11.6. The zero-order valence-corrected chi connectivity index (χ0v) is 11.6. The van der Waals surface area contributed by atoms with Crippen LogP contribution in [0.15, 0.2) is 10.6 Å². The first kappa shape index (κ1) is 11.8. The maximum atomic E-state index is 5.57. The van der Waals surface area contributed by atoms with E-state index in [1.807, 2.05) is 6.07 Å². The summed E-state index contributed by atoms with van der Waals surface area (Å²) in [7, 11) is 0. The van der Waals surface area contributed by atoms with Gasteiger partial charge in [-0.1, -0.05) is 5.16 Å². The average molecular weight is 260 g/mol. The summed E-state index contributed by atoms with van der Waals surface area (Å²) in [6.07, 6.45) is 12.8. The molecule has 3 nitrogen and oxygen atoms in total. The van der Waals surface area contributed by atoms with Gasteiger partial charge in [0, 0.05) is 6.07 Å². The van der Waals surface area contributed by atoms with Gasteiger partial charge in [0.05, 0.1) is 5.69 Å². The van der Waals surface area contributed by atoms with E-state index in [0.29, 0.717) is 11.3 Å². The van der Waals surface area contributed by atoms with Crippen molar-refractivity contribution in [3.05, 3.63) is 11.8 Å². The SMILES string of the molecule is Nc1cc(CCCC23CC4CC(CC(C4)C2)C3)no1. The molecule has 0 radical (unpaired) electrons. The molecule has 2 N–H and O–H groups in total. The fraction of sp³-hybridized carbons (Fsp3) is 0.812. The Labute approximate surface area is 114 Å². The molecule has 1 aromatic rings. The fourth-order valence-corrected chi connectivity index (χ4v) is 5.69. The van der Waals surface area contributed by atoms with Crippen molar-refractivity contribution < 1.29 is 4.52 Å². The monoisotopic (exact) mass is 260 g/mol. The number of nitrogens with zero attached hydrogens (tertiary/aromatic N) is 1. The lowest BCUT2D eigenvalue weighted by atomic mass is 9.48. The maximum absolute atomic E-state index is 5.57. The van der Waals surface area contributed by atoms with E-state index in [1.165, 1.54) is 51.4 Å². The van der Waals surface area contributed by atoms with Gasteiger partial charge in [0.2, 0.25) is 5.88 Å². The smallest absolute Gasteiger partial charge is 0.222 e. The van der Waals surface area contributed by atoms with E-state index in [9.17, 15) is 0 Å². The first-order valence-electron chi connectivity index (χ1n) is 7.92. The summed E-state index contributed by atoms with van der Waals surface area (Å²) in [5.41, 5.74) is 7.30. The number of aryl methyl sites for hydroxylation is 1. The third-order valence-corrected chi connectivity index (χ3v) is 5.88. The molecule has 4 aliphatic rings. The molecule has 4 aliphatic carbocycles. The first-order valence-corrected chi connectivity index (χ1v) is 7.92. The molecular formula is C16H24N2O. The summed E-state index contributed by atoms with van der Waals surface area (Å²) in [5, 5.41) is 4.00. The highest BCUT2D eigenvalue weighted by Crippen LogP contribution is 2.61. The summed E-state index contributed by atoms with van der Waals surface area (Å²) in [5.74, 6) is 3.64. The zero-order chi connectivity index (χ0) is 12.9. The van der Waals surface area contributed by atoms with Crippen LogP contribution in [-0.2, 0) is 6.42 Å². The second-order valence-corrected chi connectivity index (χ2v) is 7.49. The fourth-order valence-electron chi connectivity index (χ4n) is 5.69. The van der Waals surface area contributed by atoms with Gasteiger partial charge in [-0.05, 0) is 81.0 Å². The number of rotatable bonds is 4. The molecule has 0 saturated heterocycles. The number of nitrogens with two attached hydrogens (primary N) is 1. The lowest BCUT2D eigenvalue weighted by Gasteiger charge is -2.57. The molecule has 0 aromatic carbocycles. The van der Waals surface area contributed by atoms with Crippen LogP contribution in [0, 0.1) is 23.2 Å². The predicted molar refractivity (Wildman–Crippen MR) is 74.5 cm³/mol. The van der Waals surface area contributed by atoms with Crippen LogP contribution in [0.3, 0.4) is 0 Å². The highest BCUT2D eigenvalue weighted by Gasteiger charge is 2.50. The third kappa shape index (κ3) is 2.17. The number of aromatic nitrogens is 1. The van der Waals surface area contributed by atoms with Crippen molar-refractivity contribution in [2.24, 2.45) is 23.2 Å². The Morgan fingerprint density at radius 2 is 1.79 bits per heavy atom. The summed E-state index contributed by atoms with van der Waals surface area (Å²) < 4.78 is 4.94. The van der Waals surface area contributed by atoms with Crippen molar-refractivity contribution >= 4 is 5.88 Å². The Morgan fingerprint density at radius 3 is 2.32 bits per heavy atom. The van der Waals surface area contributed by atoms with E-state index >= 15 is 0 Å². The van der Waals surface area contributed by atoms with Gasteiger partial charge in [-0.15, -0.1) is 0 Å². The minimum Gasteiger partial charge on any atom is -0.368 e. The Bertz CT molecular complexity index is 430. The first-order chi connectivity index (χ1) is 9.21. The maximum Gasteiger partial charge on any atom is 0.222 e. The van der Waals surface area contributed by atoms with E-state index in [2.05, 4.69) is 5.16 Å². The Kier molecular flexibility index (Phi) is 2.64. The van der Waals surface area contributed by atoms with E-state index in [0.717, 1.165) is 29.9 Å². The van der Waals surface area contributed by atoms with Crippen molar-refractivity contribution in [2.75, 3.05) is 5.73 Å². The summed E-state index contributed by atoms with van der Waals surface area (Å²) in [4.78, 5) is 0. The van der Waals surface area contributed by atoms with E-state index < -0.39 is 0 Å². The second-order valence-electron chi connectivity index (χ2n) is 7.49. The Morgan fingerprint density at radius 1 is 1.16 bits per heavy atom. The van der Waals surface area contributed by atoms with E-state index in [4.69, 9.17) is 10.3 Å². The predicted octanol–water partition coefficient (Wildman–Crippen LogP) is 3.80. The highest BCUT2D eigenvalue weighted by atomic mass is 16.5. The van der Waals surface area contributed by atoms with Crippen molar-refractivity contribution in [1.29, 1.82) is 0 Å². The van der Waals surface area contributed by atoms with Gasteiger partial charge < -0.3 is 10.3 Å². The molecule has 4 fully saturated rings. The molecule has 1 heterocycles. The molecule has 104 valence electrons. The third-order valence-electron chi connectivity index (χ3n) is 5.88. The van der Waals surface area contributed by atoms with Gasteiger partial charge >= 0.3 is 0 Å². The van der Waals surface area contributed by atoms with Crippen LogP contribution in [0.5, 0.6) is 0 Å². The quantitative estimate of drug-likeness (QED) is 0.896. The molecule has 4 saturated carbocycles. The number of hydrogen-bond acceptors (Lipinski definition) is 3. The Hall–Kier alpha value is -0.990. The van der Waals surface area contributed by atoms with Crippen molar-refractivity contribution in [1.82, 2.24) is 5.16 Å². The summed E-state index contributed by atoms with van der Waals surface area (Å²) in [6, 6.07) is 1.87. The molecule has 0 atom stereocenters. The van der Waals surface area contributed by atoms with Gasteiger partial charge in [0.25, 0.3) is 0 Å². The molecule has 0 unspecified atom stereocenters. The van der Waals surface area contributed by atoms with Crippen LogP contribution in [0.4, 0.5) is 5.88 Å². The van der Waals surface area contributed by atoms with Crippen LogP contribution >= 0.6 is 0 Å². The molecule has 0 amide bonds. The van der Waals surface area contributed by atoms with Crippen LogP contribution in [0.1, 0.15) is 57.1 Å². The van der Waals surface area contributed by atoms with Crippen LogP contribution in [0.25, 0.3) is 0 Å². The molecule has 5 rings (SSSR count). The van der Waals surface area contributed by atoms with Crippen molar-refractivity contribution in [3.8, 4) is 0 Å². The minimum absolute atomic E-state index is 0.449. The largest absolute Gasteiger partial charge is 0.368 e. The topological polar surface area (TPSA) is 52.0 Å². The second kappa shape index (κ2) is 4.26. The number of anilines is 1. The van der Waals surface area contributed by atoms with Gasteiger partial charge in [-0.25, -0.2) is 0 Å². The van der Waals surface area contributed by atoms with Crippen LogP contribution in [0.2, 0.25) is 0 Å². The van der Waals surface area contributed by atoms with Crippen molar-refractivity contribution in [3.63, 3.8) is 0 Å². The van der Waals surface area contributed by atoms with Gasteiger partial charge in [-0.3, -0.25) is 0 Å². The molecule has 0 spiro atoms. The van der Waals surface area contributed by atoms with Crippen LogP contribution < -0.4 is 5.73 Å². The number of nitrogen functional groups attached to an aromatic ring is 1. The highest BCUT2D eigenvalue weighted by molar-refractivity contribution is 5.24. The average Bonchev–Trinajstić information content (AvgIpc) is 2.73.